The first-order valence-corrected chi connectivity index (χ1v) is 12.0. The van der Waals surface area contributed by atoms with E-state index in [-0.39, 0.29) is 18.6 Å². The number of methoxy groups -OCH3 is 2. The number of ether oxygens (including phenoxy) is 3. The maximum Gasteiger partial charge on any atom is 0.167 e. The minimum atomic E-state index is -0.881. The summed E-state index contributed by atoms with van der Waals surface area (Å²) in [5.74, 6) is 1.87. The molecule has 0 bridgehead atoms. The molecule has 0 aromatic rings. The molecule has 0 aromatic carbocycles. The monoisotopic (exact) mass is 481 g/mol. The molecule has 0 aromatic heterocycles. The summed E-state index contributed by atoms with van der Waals surface area (Å²) in [7, 11) is 3.18. The predicted molar refractivity (Wildman–Crippen MR) is 130 cm³/mol. The van der Waals surface area contributed by atoms with Gasteiger partial charge in [-0.3, -0.25) is 0 Å². The first kappa shape index (κ1) is 25.5. The smallest absolute Gasteiger partial charge is 0.167 e. The molecule has 2 aliphatic carbocycles. The van der Waals surface area contributed by atoms with Crippen LogP contribution in [0.1, 0.15) is 25.7 Å². The van der Waals surface area contributed by atoms with E-state index in [2.05, 4.69) is 15.5 Å². The Hall–Kier alpha value is -2.10. The largest absolute Gasteiger partial charge is 0.494 e. The van der Waals surface area contributed by atoms with Crippen LogP contribution in [0.3, 0.4) is 0 Å². The predicted octanol–water partition coefficient (Wildman–Crippen LogP) is 2.55. The highest BCUT2D eigenvalue weighted by Crippen LogP contribution is 2.24. The van der Waals surface area contributed by atoms with Crippen molar-refractivity contribution in [2.75, 3.05) is 47.1 Å². The summed E-state index contributed by atoms with van der Waals surface area (Å²) in [6, 6.07) is 0.143. The lowest BCUT2D eigenvalue weighted by Gasteiger charge is -2.34. The van der Waals surface area contributed by atoms with Crippen LogP contribution in [0.5, 0.6) is 0 Å². The van der Waals surface area contributed by atoms with Gasteiger partial charge in [-0.2, -0.15) is 0 Å². The van der Waals surface area contributed by atoms with E-state index in [1.165, 1.54) is 0 Å². The fourth-order valence-corrected chi connectivity index (χ4v) is 4.54. The van der Waals surface area contributed by atoms with E-state index in [0.717, 1.165) is 44.7 Å². The molecule has 3 unspecified atom stereocenters. The van der Waals surface area contributed by atoms with E-state index in [0.29, 0.717) is 35.7 Å². The summed E-state index contributed by atoms with van der Waals surface area (Å²) in [6.45, 7) is 3.61. The molecule has 0 spiro atoms. The Morgan fingerprint density at radius 1 is 1.18 bits per heavy atom. The lowest BCUT2D eigenvalue weighted by molar-refractivity contribution is 0.165. The number of halogens is 1. The molecule has 3 atom stereocenters. The van der Waals surface area contributed by atoms with Gasteiger partial charge in [0.2, 0.25) is 0 Å². The number of thiocarbonyl (C=S) groups is 1. The van der Waals surface area contributed by atoms with Gasteiger partial charge < -0.3 is 34.9 Å². The molecule has 3 N–H and O–H groups in total. The number of hydrogen-bond donors (Lipinski definition) is 3. The maximum absolute atomic E-state index is 13.1. The van der Waals surface area contributed by atoms with Crippen LogP contribution in [0.25, 0.3) is 0 Å². The molecule has 1 aliphatic heterocycles. The molecular weight excluding hydrogens is 445 g/mol. The van der Waals surface area contributed by atoms with Gasteiger partial charge in [-0.25, -0.2) is 4.39 Å². The van der Waals surface area contributed by atoms with Gasteiger partial charge in [0.15, 0.2) is 16.6 Å². The van der Waals surface area contributed by atoms with Crippen molar-refractivity contribution < 1.29 is 23.7 Å². The zero-order valence-corrected chi connectivity index (χ0v) is 20.3. The number of piperidine rings is 1. The second-order valence-electron chi connectivity index (χ2n) is 8.50. The topological polar surface area (TPSA) is 75.2 Å². The lowest BCUT2D eigenvalue weighted by Crippen LogP contribution is -2.51. The van der Waals surface area contributed by atoms with Crippen molar-refractivity contribution in [2.24, 2.45) is 5.92 Å². The fraction of sp³-hybridized carbons (Fsp3) is 0.625. The summed E-state index contributed by atoms with van der Waals surface area (Å²) < 4.78 is 29.5. The Bertz CT molecular complexity index is 778. The van der Waals surface area contributed by atoms with E-state index < -0.39 is 6.17 Å². The third kappa shape index (κ3) is 7.72. The molecule has 1 saturated heterocycles. The molecule has 0 saturated carbocycles. The molecule has 3 rings (SSSR count). The molecule has 9 heteroatoms. The Balaban J connectivity index is 1.34. The zero-order valence-electron chi connectivity index (χ0n) is 19.5. The van der Waals surface area contributed by atoms with Crippen LogP contribution >= 0.6 is 12.2 Å². The van der Waals surface area contributed by atoms with E-state index in [1.807, 2.05) is 18.2 Å². The van der Waals surface area contributed by atoms with Gasteiger partial charge in [0.05, 0.1) is 33.5 Å². The fourth-order valence-electron chi connectivity index (χ4n) is 4.24. The number of nitrogens with one attached hydrogen (secondary N) is 2. The van der Waals surface area contributed by atoms with Crippen molar-refractivity contribution in [3.63, 3.8) is 0 Å². The SMILES string of the molecule is COC1=CC(CO)C(NC(=S)NC2CCN(CCCOC3=CCC(F)C=C3)CC2)C=C1OC. The number of hydrogen-bond acceptors (Lipinski definition) is 6. The third-order valence-electron chi connectivity index (χ3n) is 6.17. The van der Waals surface area contributed by atoms with Crippen molar-refractivity contribution in [1.82, 2.24) is 15.5 Å². The molecular formula is C24H36FN3O4S. The molecule has 0 amide bonds. The second-order valence-corrected chi connectivity index (χ2v) is 8.90. The van der Waals surface area contributed by atoms with Gasteiger partial charge in [0, 0.05) is 38.0 Å². The van der Waals surface area contributed by atoms with E-state index in [1.54, 1.807) is 26.4 Å². The van der Waals surface area contributed by atoms with Gasteiger partial charge in [0.1, 0.15) is 11.9 Å². The van der Waals surface area contributed by atoms with Crippen LogP contribution < -0.4 is 10.6 Å². The average molecular weight is 482 g/mol. The highest BCUT2D eigenvalue weighted by Gasteiger charge is 2.27. The number of aliphatic hydroxyl groups excluding tert-OH is 1. The summed E-state index contributed by atoms with van der Waals surface area (Å²) in [5.41, 5.74) is 0. The Kier molecular flexibility index (Phi) is 10.0. The molecule has 1 fully saturated rings. The standard InChI is InChI=1S/C24H36FN3O4S/c1-30-22-14-17(16-29)21(15-23(22)31-2)27-24(33)26-19-8-11-28(12-9-19)10-3-13-32-20-6-4-18(25)5-7-20/h4,6-7,14-15,17-19,21,29H,3,5,8-13,16H2,1-2H3,(H2,26,27,33). The first-order valence-electron chi connectivity index (χ1n) is 11.6. The van der Waals surface area contributed by atoms with E-state index in [4.69, 9.17) is 26.4 Å². The van der Waals surface area contributed by atoms with Crippen molar-refractivity contribution in [1.29, 1.82) is 0 Å². The Morgan fingerprint density at radius 2 is 1.91 bits per heavy atom. The molecule has 184 valence electrons. The Labute approximate surface area is 201 Å². The third-order valence-corrected chi connectivity index (χ3v) is 6.41. The molecule has 0 radical (unpaired) electrons. The lowest BCUT2D eigenvalue weighted by atomic mass is 9.94. The summed E-state index contributed by atoms with van der Waals surface area (Å²) in [4.78, 5) is 2.44. The summed E-state index contributed by atoms with van der Waals surface area (Å²) in [5, 5.41) is 17.1. The van der Waals surface area contributed by atoms with Crippen molar-refractivity contribution in [2.45, 2.75) is 43.9 Å². The minimum absolute atomic E-state index is 0.0212. The van der Waals surface area contributed by atoms with Crippen LogP contribution in [0.2, 0.25) is 0 Å². The van der Waals surface area contributed by atoms with Crippen LogP contribution in [0, 0.1) is 5.92 Å². The first-order chi connectivity index (χ1) is 16.0. The number of aliphatic hydroxyl groups is 1. The Morgan fingerprint density at radius 3 is 2.55 bits per heavy atom. The maximum atomic E-state index is 13.1. The summed E-state index contributed by atoms with van der Waals surface area (Å²) in [6.07, 6.45) is 11.3. The van der Waals surface area contributed by atoms with E-state index in [9.17, 15) is 9.50 Å². The normalized spacial score (nSPS) is 26.1. The number of likely N-dealkylation sites (tertiary alicyclic amines) is 1. The quantitative estimate of drug-likeness (QED) is 0.325. The highest BCUT2D eigenvalue weighted by atomic mass is 32.1. The van der Waals surface area contributed by atoms with Crippen molar-refractivity contribution in [3.05, 3.63) is 47.7 Å². The van der Waals surface area contributed by atoms with Gasteiger partial charge in [0.25, 0.3) is 0 Å². The zero-order chi connectivity index (χ0) is 23.6. The average Bonchev–Trinajstić information content (AvgIpc) is 2.83. The van der Waals surface area contributed by atoms with Crippen molar-refractivity contribution >= 4 is 17.3 Å². The number of allylic oxidation sites excluding steroid dienone is 3. The van der Waals surface area contributed by atoms with Gasteiger partial charge in [-0.1, -0.05) is 0 Å². The summed E-state index contributed by atoms with van der Waals surface area (Å²) >= 11 is 5.54. The highest BCUT2D eigenvalue weighted by molar-refractivity contribution is 7.80. The van der Waals surface area contributed by atoms with Crippen molar-refractivity contribution in [3.8, 4) is 0 Å². The van der Waals surface area contributed by atoms with Crippen LogP contribution in [0.4, 0.5) is 4.39 Å². The molecule has 3 aliphatic rings. The number of nitrogens with zero attached hydrogens (tertiary/aromatic N) is 1. The van der Waals surface area contributed by atoms with Gasteiger partial charge in [-0.05, 0) is 61.9 Å². The van der Waals surface area contributed by atoms with Crippen LogP contribution in [0.15, 0.2) is 47.7 Å². The van der Waals surface area contributed by atoms with Gasteiger partial charge in [-0.15, -0.1) is 0 Å². The molecule has 33 heavy (non-hydrogen) atoms. The number of rotatable bonds is 10. The molecule has 1 heterocycles. The van der Waals surface area contributed by atoms with Gasteiger partial charge >= 0.3 is 0 Å². The van der Waals surface area contributed by atoms with Crippen LogP contribution in [-0.2, 0) is 14.2 Å². The number of alkyl halides is 1. The molecule has 7 nitrogen and oxygen atoms in total. The second kappa shape index (κ2) is 13.0. The van der Waals surface area contributed by atoms with E-state index >= 15 is 0 Å². The minimum Gasteiger partial charge on any atom is -0.494 e. The van der Waals surface area contributed by atoms with Crippen LogP contribution in [-0.4, -0.2) is 80.4 Å².